The lowest BCUT2D eigenvalue weighted by Crippen LogP contribution is -2.48. The molecule has 2 aliphatic rings. The molecule has 28 heavy (non-hydrogen) atoms. The van der Waals surface area contributed by atoms with Crippen molar-refractivity contribution in [2.24, 2.45) is 5.92 Å². The Labute approximate surface area is 163 Å². The van der Waals surface area contributed by atoms with Crippen LogP contribution in [0.2, 0.25) is 0 Å². The summed E-state index contributed by atoms with van der Waals surface area (Å²) in [6.07, 6.45) is 5.39. The normalized spacial score (nSPS) is 18.2. The second-order valence-corrected chi connectivity index (χ2v) is 9.32. The fraction of sp³-hybridized carbons (Fsp3) is 0.647. The van der Waals surface area contributed by atoms with Crippen molar-refractivity contribution in [3.63, 3.8) is 0 Å². The average Bonchev–Trinajstić information content (AvgIpc) is 3.17. The zero-order chi connectivity index (χ0) is 19.9. The molecule has 0 radical (unpaired) electrons. The van der Waals surface area contributed by atoms with Crippen LogP contribution in [0.25, 0.3) is 0 Å². The minimum atomic E-state index is -3.54. The van der Waals surface area contributed by atoms with Gasteiger partial charge in [-0.3, -0.25) is 9.48 Å². The maximum absolute atomic E-state index is 12.6. The summed E-state index contributed by atoms with van der Waals surface area (Å²) in [5.41, 5.74) is 0. The summed E-state index contributed by atoms with van der Waals surface area (Å²) in [7, 11) is -1.75. The molecule has 0 unspecified atom stereocenters. The molecule has 0 spiro atoms. The first-order chi connectivity index (χ1) is 13.4. The van der Waals surface area contributed by atoms with Crippen molar-refractivity contribution in [3.05, 3.63) is 24.1 Å². The lowest BCUT2D eigenvalue weighted by Gasteiger charge is -2.35. The number of rotatable bonds is 8. The van der Waals surface area contributed by atoms with Crippen LogP contribution < -0.4 is 0 Å². The molecule has 10 nitrogen and oxygen atoms in total. The standard InChI is InChI=1S/C17H24N6O4S/c1-3-22-11-14(8-18-22)28(25,26)23-9-13(10-23)16-19-15(20-27-16)6-7-21(2)17(24)12-4-5-12/h8,11-13H,3-7,9-10H2,1-2H3. The Bertz CT molecular complexity index is 958. The number of sulfonamides is 1. The zero-order valence-electron chi connectivity index (χ0n) is 16.0. The Morgan fingerprint density at radius 3 is 2.75 bits per heavy atom. The summed E-state index contributed by atoms with van der Waals surface area (Å²) in [5.74, 6) is 1.24. The van der Waals surface area contributed by atoms with E-state index in [1.54, 1.807) is 16.6 Å². The maximum atomic E-state index is 12.6. The first-order valence-electron chi connectivity index (χ1n) is 9.48. The smallest absolute Gasteiger partial charge is 0.246 e. The first kappa shape index (κ1) is 19.1. The van der Waals surface area contributed by atoms with Gasteiger partial charge in [-0.25, -0.2) is 8.42 Å². The molecular weight excluding hydrogens is 384 g/mol. The van der Waals surface area contributed by atoms with Crippen molar-refractivity contribution in [1.29, 1.82) is 0 Å². The SMILES string of the molecule is CCn1cc(S(=O)(=O)N2CC(c3nc(CCN(C)C(=O)C4CC4)no3)C2)cn1. The minimum Gasteiger partial charge on any atom is -0.345 e. The number of carbonyl (C=O) groups is 1. The summed E-state index contributed by atoms with van der Waals surface area (Å²) in [6, 6.07) is 0. The Balaban J connectivity index is 1.30. The monoisotopic (exact) mass is 408 g/mol. The predicted octanol–water partition coefficient (Wildman–Crippen LogP) is 0.485. The molecule has 4 rings (SSSR count). The van der Waals surface area contributed by atoms with E-state index in [-0.39, 0.29) is 22.6 Å². The Morgan fingerprint density at radius 2 is 2.11 bits per heavy atom. The van der Waals surface area contributed by atoms with E-state index in [1.807, 2.05) is 6.92 Å². The molecule has 2 fully saturated rings. The third kappa shape index (κ3) is 3.68. The van der Waals surface area contributed by atoms with E-state index in [9.17, 15) is 13.2 Å². The Kier molecular flexibility index (Phi) is 4.96. The Morgan fingerprint density at radius 1 is 1.36 bits per heavy atom. The Hall–Kier alpha value is -2.27. The van der Waals surface area contributed by atoms with Crippen LogP contribution >= 0.6 is 0 Å². The molecule has 1 saturated heterocycles. The number of hydrogen-bond donors (Lipinski definition) is 0. The number of hydrogen-bond acceptors (Lipinski definition) is 7. The van der Waals surface area contributed by atoms with Gasteiger partial charge in [0.15, 0.2) is 5.82 Å². The lowest BCUT2D eigenvalue weighted by atomic mass is 10.0. The fourth-order valence-electron chi connectivity index (χ4n) is 3.15. The summed E-state index contributed by atoms with van der Waals surface area (Å²) in [5, 5.41) is 7.99. The van der Waals surface area contributed by atoms with Gasteiger partial charge in [-0.05, 0) is 19.8 Å². The van der Waals surface area contributed by atoms with Gasteiger partial charge in [0.05, 0.1) is 12.1 Å². The van der Waals surface area contributed by atoms with Gasteiger partial charge in [-0.1, -0.05) is 5.16 Å². The van der Waals surface area contributed by atoms with Crippen LogP contribution in [0.3, 0.4) is 0 Å². The van der Waals surface area contributed by atoms with Crippen LogP contribution in [0.15, 0.2) is 21.8 Å². The molecule has 3 heterocycles. The van der Waals surface area contributed by atoms with Gasteiger partial charge >= 0.3 is 0 Å². The van der Waals surface area contributed by atoms with Gasteiger partial charge in [-0.2, -0.15) is 14.4 Å². The van der Waals surface area contributed by atoms with Gasteiger partial charge in [0.1, 0.15) is 4.90 Å². The van der Waals surface area contributed by atoms with Crippen LogP contribution in [-0.2, 0) is 27.8 Å². The van der Waals surface area contributed by atoms with Crippen molar-refractivity contribution >= 4 is 15.9 Å². The van der Waals surface area contributed by atoms with Gasteiger partial charge in [0.2, 0.25) is 21.8 Å². The van der Waals surface area contributed by atoms with Crippen molar-refractivity contribution in [2.75, 3.05) is 26.7 Å². The molecule has 0 N–H and O–H groups in total. The predicted molar refractivity (Wildman–Crippen MR) is 97.8 cm³/mol. The van der Waals surface area contributed by atoms with Crippen molar-refractivity contribution in [3.8, 4) is 0 Å². The van der Waals surface area contributed by atoms with Crippen LogP contribution in [-0.4, -0.2) is 70.1 Å². The highest BCUT2D eigenvalue weighted by molar-refractivity contribution is 7.89. The molecule has 152 valence electrons. The quantitative estimate of drug-likeness (QED) is 0.624. The van der Waals surface area contributed by atoms with Crippen molar-refractivity contribution in [2.45, 2.75) is 43.5 Å². The highest BCUT2D eigenvalue weighted by Crippen LogP contribution is 2.32. The molecule has 2 aromatic heterocycles. The van der Waals surface area contributed by atoms with E-state index < -0.39 is 10.0 Å². The van der Waals surface area contributed by atoms with Crippen LogP contribution in [0.1, 0.15) is 37.4 Å². The summed E-state index contributed by atoms with van der Waals surface area (Å²) in [6.45, 7) is 3.67. The van der Waals surface area contributed by atoms with Crippen LogP contribution in [0.5, 0.6) is 0 Å². The van der Waals surface area contributed by atoms with Gasteiger partial charge in [-0.15, -0.1) is 0 Å². The maximum Gasteiger partial charge on any atom is 0.246 e. The number of aryl methyl sites for hydroxylation is 1. The summed E-state index contributed by atoms with van der Waals surface area (Å²) in [4.78, 5) is 18.2. The van der Waals surface area contributed by atoms with Crippen LogP contribution in [0.4, 0.5) is 0 Å². The number of aromatic nitrogens is 4. The summed E-state index contributed by atoms with van der Waals surface area (Å²) >= 11 is 0. The molecule has 1 aliphatic heterocycles. The molecule has 1 amide bonds. The fourth-order valence-corrected chi connectivity index (χ4v) is 4.63. The second kappa shape index (κ2) is 7.28. The third-order valence-corrected chi connectivity index (χ3v) is 7.01. The lowest BCUT2D eigenvalue weighted by molar-refractivity contribution is -0.131. The third-order valence-electron chi connectivity index (χ3n) is 5.23. The summed E-state index contributed by atoms with van der Waals surface area (Å²) < 4.78 is 33.5. The molecule has 1 aliphatic carbocycles. The van der Waals surface area contributed by atoms with Gasteiger partial charge in [0.25, 0.3) is 0 Å². The number of nitrogens with zero attached hydrogens (tertiary/aromatic N) is 6. The largest absolute Gasteiger partial charge is 0.345 e. The molecule has 0 bridgehead atoms. The molecule has 2 aromatic rings. The average molecular weight is 408 g/mol. The van der Waals surface area contributed by atoms with E-state index in [0.717, 1.165) is 12.8 Å². The van der Waals surface area contributed by atoms with E-state index in [4.69, 9.17) is 4.52 Å². The highest BCUT2D eigenvalue weighted by atomic mass is 32.2. The van der Waals surface area contributed by atoms with Crippen LogP contribution in [0, 0.1) is 5.92 Å². The van der Waals surface area contributed by atoms with Crippen molar-refractivity contribution in [1.82, 2.24) is 29.1 Å². The highest BCUT2D eigenvalue weighted by Gasteiger charge is 2.41. The molecular formula is C17H24N6O4S. The van der Waals surface area contributed by atoms with Gasteiger partial charge < -0.3 is 9.42 Å². The van der Waals surface area contributed by atoms with Gasteiger partial charge in [0, 0.05) is 51.8 Å². The molecule has 0 aromatic carbocycles. The zero-order valence-corrected chi connectivity index (χ0v) is 16.8. The van der Waals surface area contributed by atoms with Crippen molar-refractivity contribution < 1.29 is 17.7 Å². The second-order valence-electron chi connectivity index (χ2n) is 7.38. The van der Waals surface area contributed by atoms with E-state index >= 15 is 0 Å². The molecule has 0 atom stereocenters. The first-order valence-corrected chi connectivity index (χ1v) is 10.9. The van der Waals surface area contributed by atoms with E-state index in [0.29, 0.717) is 44.3 Å². The minimum absolute atomic E-state index is 0.108. The number of amides is 1. The molecule has 1 saturated carbocycles. The van der Waals surface area contributed by atoms with E-state index in [2.05, 4.69) is 15.2 Å². The topological polar surface area (TPSA) is 114 Å². The molecule has 11 heteroatoms. The van der Waals surface area contributed by atoms with E-state index in [1.165, 1.54) is 16.7 Å². The number of carbonyl (C=O) groups excluding carboxylic acids is 1. The number of likely N-dealkylation sites (N-methyl/N-ethyl adjacent to an activating group) is 1.